The van der Waals surface area contributed by atoms with E-state index in [0.29, 0.717) is 47.7 Å². The quantitative estimate of drug-likeness (QED) is 0.481. The van der Waals surface area contributed by atoms with Crippen LogP contribution in [0, 0.1) is 52.3 Å². The molecular weight excluding hydrogens is 380 g/mol. The third-order valence-corrected chi connectivity index (χ3v) is 10.6. The SMILES string of the molecule is CCC(/C=C/C(C)C1CCC2C3C(=O)C=C4CC(O)CCC4(C)C3CCC12C)C(C)C. The lowest BCUT2D eigenvalue weighted by atomic mass is 9.46. The molecule has 0 heterocycles. The summed E-state index contributed by atoms with van der Waals surface area (Å²) in [7, 11) is 0. The normalized spacial score (nSPS) is 44.6. The Morgan fingerprint density at radius 3 is 2.48 bits per heavy atom. The van der Waals surface area contributed by atoms with Crippen molar-refractivity contribution in [2.45, 2.75) is 99.0 Å². The molecule has 0 saturated heterocycles. The van der Waals surface area contributed by atoms with Crippen molar-refractivity contribution in [3.8, 4) is 0 Å². The van der Waals surface area contributed by atoms with Gasteiger partial charge in [-0.15, -0.1) is 0 Å². The molecule has 9 atom stereocenters. The van der Waals surface area contributed by atoms with Gasteiger partial charge in [0.05, 0.1) is 6.10 Å². The van der Waals surface area contributed by atoms with Crippen molar-refractivity contribution in [3.05, 3.63) is 23.8 Å². The fourth-order valence-corrected chi connectivity index (χ4v) is 8.57. The largest absolute Gasteiger partial charge is 0.393 e. The summed E-state index contributed by atoms with van der Waals surface area (Å²) in [6.07, 6.45) is 15.6. The molecule has 0 aromatic carbocycles. The fourth-order valence-electron chi connectivity index (χ4n) is 8.57. The van der Waals surface area contributed by atoms with Gasteiger partial charge in [0.15, 0.2) is 5.78 Å². The molecule has 2 heteroatoms. The van der Waals surface area contributed by atoms with Crippen LogP contribution in [-0.2, 0) is 4.79 Å². The molecule has 4 aliphatic carbocycles. The van der Waals surface area contributed by atoms with Crippen LogP contribution in [0.3, 0.4) is 0 Å². The Balaban J connectivity index is 1.57. The van der Waals surface area contributed by atoms with E-state index in [2.05, 4.69) is 53.7 Å². The van der Waals surface area contributed by atoms with Crippen molar-refractivity contribution < 1.29 is 9.90 Å². The predicted molar refractivity (Wildman–Crippen MR) is 129 cm³/mol. The van der Waals surface area contributed by atoms with E-state index >= 15 is 0 Å². The summed E-state index contributed by atoms with van der Waals surface area (Å²) in [4.78, 5) is 13.5. The Kier molecular flexibility index (Phi) is 6.36. The van der Waals surface area contributed by atoms with E-state index in [-0.39, 0.29) is 22.9 Å². The monoisotopic (exact) mass is 426 g/mol. The summed E-state index contributed by atoms with van der Waals surface area (Å²) in [5.41, 5.74) is 1.68. The lowest BCUT2D eigenvalue weighted by Crippen LogP contribution is -2.53. The zero-order valence-electron chi connectivity index (χ0n) is 20.9. The van der Waals surface area contributed by atoms with Gasteiger partial charge in [-0.1, -0.05) is 59.3 Å². The van der Waals surface area contributed by atoms with Gasteiger partial charge in [0.25, 0.3) is 0 Å². The number of aliphatic hydroxyl groups excluding tert-OH is 1. The van der Waals surface area contributed by atoms with Crippen LogP contribution >= 0.6 is 0 Å². The molecule has 3 fully saturated rings. The van der Waals surface area contributed by atoms with Gasteiger partial charge < -0.3 is 5.11 Å². The second kappa shape index (κ2) is 8.47. The zero-order valence-corrected chi connectivity index (χ0v) is 20.9. The van der Waals surface area contributed by atoms with E-state index < -0.39 is 0 Å². The highest BCUT2D eigenvalue weighted by Crippen LogP contribution is 2.66. The molecule has 0 radical (unpaired) electrons. The van der Waals surface area contributed by atoms with Crippen LogP contribution < -0.4 is 0 Å². The molecule has 0 spiro atoms. The zero-order chi connectivity index (χ0) is 22.6. The Morgan fingerprint density at radius 1 is 1.06 bits per heavy atom. The molecule has 0 amide bonds. The van der Waals surface area contributed by atoms with Gasteiger partial charge in [-0.2, -0.15) is 0 Å². The summed E-state index contributed by atoms with van der Waals surface area (Å²) in [6.45, 7) is 14.3. The van der Waals surface area contributed by atoms with E-state index in [1.807, 2.05) is 6.08 Å². The Bertz CT molecular complexity index is 748. The van der Waals surface area contributed by atoms with Crippen LogP contribution in [-0.4, -0.2) is 17.0 Å². The fraction of sp³-hybridized carbons (Fsp3) is 0.828. The van der Waals surface area contributed by atoms with Gasteiger partial charge in [-0.3, -0.25) is 4.79 Å². The topological polar surface area (TPSA) is 37.3 Å². The van der Waals surface area contributed by atoms with E-state index in [0.717, 1.165) is 12.8 Å². The number of aliphatic hydroxyl groups is 1. The average Bonchev–Trinajstić information content (AvgIpc) is 3.06. The highest BCUT2D eigenvalue weighted by molar-refractivity contribution is 5.94. The second-order valence-electron chi connectivity index (χ2n) is 12.4. The summed E-state index contributed by atoms with van der Waals surface area (Å²) < 4.78 is 0. The molecule has 0 bridgehead atoms. The number of carbonyl (C=O) groups excluding carboxylic acids is 1. The van der Waals surface area contributed by atoms with Gasteiger partial charge in [0.1, 0.15) is 0 Å². The highest BCUT2D eigenvalue weighted by atomic mass is 16.3. The first kappa shape index (κ1) is 23.3. The molecule has 9 unspecified atom stereocenters. The van der Waals surface area contributed by atoms with E-state index in [4.69, 9.17) is 0 Å². The molecule has 0 aromatic rings. The minimum atomic E-state index is -0.251. The maximum Gasteiger partial charge on any atom is 0.159 e. The summed E-state index contributed by atoms with van der Waals surface area (Å²) in [5, 5.41) is 10.2. The third kappa shape index (κ3) is 3.79. The Morgan fingerprint density at radius 2 is 1.81 bits per heavy atom. The van der Waals surface area contributed by atoms with E-state index in [1.54, 1.807) is 0 Å². The number of hydrogen-bond donors (Lipinski definition) is 1. The standard InChI is InChI=1S/C29H46O2/c1-7-20(18(2)3)9-8-19(4)23-10-11-24-27-25(13-15-29(23,24)6)28(5)14-12-22(30)16-21(28)17-26(27)31/h8-9,17-20,22-25,27,30H,7,10-16H2,1-6H3/b9-8+. The Labute approximate surface area is 191 Å². The molecule has 4 aliphatic rings. The molecule has 3 saturated carbocycles. The number of ketones is 1. The molecule has 0 aliphatic heterocycles. The molecule has 31 heavy (non-hydrogen) atoms. The van der Waals surface area contributed by atoms with Crippen LogP contribution in [0.2, 0.25) is 0 Å². The molecule has 174 valence electrons. The van der Waals surface area contributed by atoms with E-state index in [9.17, 15) is 9.90 Å². The van der Waals surface area contributed by atoms with Crippen molar-refractivity contribution in [1.82, 2.24) is 0 Å². The van der Waals surface area contributed by atoms with Crippen LogP contribution in [0.25, 0.3) is 0 Å². The van der Waals surface area contributed by atoms with Crippen molar-refractivity contribution in [3.63, 3.8) is 0 Å². The third-order valence-electron chi connectivity index (χ3n) is 10.6. The first-order valence-electron chi connectivity index (χ1n) is 13.2. The number of fused-ring (bicyclic) bond motifs is 5. The van der Waals surface area contributed by atoms with Crippen LogP contribution in [0.5, 0.6) is 0 Å². The van der Waals surface area contributed by atoms with Crippen molar-refractivity contribution >= 4 is 5.78 Å². The van der Waals surface area contributed by atoms with E-state index in [1.165, 1.54) is 37.7 Å². The van der Waals surface area contributed by atoms with Crippen LogP contribution in [0.1, 0.15) is 92.9 Å². The number of carbonyl (C=O) groups is 1. The first-order valence-corrected chi connectivity index (χ1v) is 13.2. The van der Waals surface area contributed by atoms with Crippen LogP contribution in [0.4, 0.5) is 0 Å². The summed E-state index contributed by atoms with van der Waals surface area (Å²) in [5.74, 6) is 4.27. The maximum absolute atomic E-state index is 13.5. The molecular formula is C29H46O2. The highest BCUT2D eigenvalue weighted by Gasteiger charge is 2.61. The van der Waals surface area contributed by atoms with Crippen molar-refractivity contribution in [1.29, 1.82) is 0 Å². The predicted octanol–water partition coefficient (Wildman–Crippen LogP) is 6.98. The lowest BCUT2D eigenvalue weighted by Gasteiger charge is -2.57. The van der Waals surface area contributed by atoms with Gasteiger partial charge in [-0.05, 0) is 104 Å². The summed E-state index contributed by atoms with van der Waals surface area (Å²) in [6, 6.07) is 0. The number of hydrogen-bond acceptors (Lipinski definition) is 2. The van der Waals surface area contributed by atoms with Gasteiger partial charge in [-0.25, -0.2) is 0 Å². The minimum Gasteiger partial charge on any atom is -0.393 e. The van der Waals surface area contributed by atoms with Crippen molar-refractivity contribution in [2.24, 2.45) is 52.3 Å². The molecule has 0 aromatic heterocycles. The minimum absolute atomic E-state index is 0.133. The first-order chi connectivity index (χ1) is 14.6. The van der Waals surface area contributed by atoms with Gasteiger partial charge >= 0.3 is 0 Å². The van der Waals surface area contributed by atoms with Crippen molar-refractivity contribution in [2.75, 3.05) is 0 Å². The number of rotatable bonds is 5. The van der Waals surface area contributed by atoms with Gasteiger partial charge in [0.2, 0.25) is 0 Å². The smallest absolute Gasteiger partial charge is 0.159 e. The Hall–Kier alpha value is -0.890. The molecule has 4 rings (SSSR count). The molecule has 1 N–H and O–H groups in total. The lowest BCUT2D eigenvalue weighted by molar-refractivity contribution is -0.134. The molecule has 2 nitrogen and oxygen atoms in total. The van der Waals surface area contributed by atoms with Crippen LogP contribution in [0.15, 0.2) is 23.8 Å². The number of allylic oxidation sites excluding steroid dienone is 3. The second-order valence-corrected chi connectivity index (χ2v) is 12.4. The van der Waals surface area contributed by atoms with Gasteiger partial charge in [0, 0.05) is 5.92 Å². The maximum atomic E-state index is 13.5. The summed E-state index contributed by atoms with van der Waals surface area (Å²) >= 11 is 0. The average molecular weight is 427 g/mol.